The van der Waals surface area contributed by atoms with Crippen LogP contribution in [0.1, 0.15) is 28.8 Å². The molecule has 2 fully saturated rings. The summed E-state index contributed by atoms with van der Waals surface area (Å²) in [4.78, 5) is 24.6. The Hall–Kier alpha value is -2.61. The lowest BCUT2D eigenvalue weighted by atomic mass is 10.1. The highest BCUT2D eigenvalue weighted by Crippen LogP contribution is 2.37. The van der Waals surface area contributed by atoms with Crippen LogP contribution in [0.5, 0.6) is 0 Å². The molecule has 8 heteroatoms. The third-order valence-corrected chi connectivity index (χ3v) is 5.48. The number of carbonyl (C=O) groups is 2. The monoisotopic (exact) mass is 429 g/mol. The lowest BCUT2D eigenvalue weighted by Crippen LogP contribution is -2.51. The standard InChI is InChI=1S/C22H24ClN3O4/c23-17-8-16(20(27)24-11-19-12-25-22(6-7-22)14-30-19)9-18(10-17)26-21(28)29-13-15-4-2-1-3-5-15/h1-5,8-10,19,25H,6-7,11-14H2,(H,24,27)(H,26,28)/t19-/m0/s1. The quantitative estimate of drug-likeness (QED) is 0.655. The molecule has 1 saturated heterocycles. The van der Waals surface area contributed by atoms with Gasteiger partial charge in [0.05, 0.1) is 12.7 Å². The predicted molar refractivity (Wildman–Crippen MR) is 114 cm³/mol. The van der Waals surface area contributed by atoms with E-state index >= 15 is 0 Å². The van der Waals surface area contributed by atoms with E-state index in [1.54, 1.807) is 18.2 Å². The number of amides is 2. The maximum atomic E-state index is 12.5. The molecule has 158 valence electrons. The molecule has 0 radical (unpaired) electrons. The zero-order valence-electron chi connectivity index (χ0n) is 16.4. The molecule has 2 amide bonds. The van der Waals surface area contributed by atoms with Gasteiger partial charge in [-0.05, 0) is 36.6 Å². The molecule has 1 spiro atoms. The van der Waals surface area contributed by atoms with Crippen LogP contribution < -0.4 is 16.0 Å². The molecule has 0 aromatic heterocycles. The van der Waals surface area contributed by atoms with E-state index in [0.29, 0.717) is 29.4 Å². The van der Waals surface area contributed by atoms with Crippen molar-refractivity contribution in [2.24, 2.45) is 0 Å². The van der Waals surface area contributed by atoms with E-state index < -0.39 is 6.09 Å². The number of morpholine rings is 1. The molecule has 3 N–H and O–H groups in total. The van der Waals surface area contributed by atoms with Crippen LogP contribution in [0.25, 0.3) is 0 Å². The zero-order chi connectivity index (χ0) is 21.0. The van der Waals surface area contributed by atoms with E-state index in [0.717, 1.165) is 24.9 Å². The Morgan fingerprint density at radius 3 is 2.70 bits per heavy atom. The van der Waals surface area contributed by atoms with Gasteiger partial charge in [-0.15, -0.1) is 0 Å². The average molecular weight is 430 g/mol. The summed E-state index contributed by atoms with van der Waals surface area (Å²) >= 11 is 6.13. The number of carbonyl (C=O) groups excluding carboxylic acids is 2. The Morgan fingerprint density at radius 2 is 2.00 bits per heavy atom. The van der Waals surface area contributed by atoms with E-state index in [-0.39, 0.29) is 24.2 Å². The smallest absolute Gasteiger partial charge is 0.411 e. The Bertz CT molecular complexity index is 908. The number of benzene rings is 2. The van der Waals surface area contributed by atoms with Crippen LogP contribution in [0.15, 0.2) is 48.5 Å². The fraction of sp³-hybridized carbons (Fsp3) is 0.364. The largest absolute Gasteiger partial charge is 0.444 e. The van der Waals surface area contributed by atoms with Crippen molar-refractivity contribution in [1.29, 1.82) is 0 Å². The third-order valence-electron chi connectivity index (χ3n) is 5.26. The van der Waals surface area contributed by atoms with Gasteiger partial charge >= 0.3 is 6.09 Å². The van der Waals surface area contributed by atoms with Crippen LogP contribution in [0.4, 0.5) is 10.5 Å². The Labute approximate surface area is 180 Å². The fourth-order valence-corrected chi connectivity index (χ4v) is 3.53. The van der Waals surface area contributed by atoms with Gasteiger partial charge in [0.2, 0.25) is 0 Å². The molecule has 1 aliphatic carbocycles. The van der Waals surface area contributed by atoms with E-state index in [2.05, 4.69) is 16.0 Å². The predicted octanol–water partition coefficient (Wildman–Crippen LogP) is 3.34. The molecule has 1 heterocycles. The summed E-state index contributed by atoms with van der Waals surface area (Å²) in [5.41, 5.74) is 1.80. The van der Waals surface area contributed by atoms with Gasteiger partial charge in [-0.25, -0.2) is 4.79 Å². The third kappa shape index (κ3) is 5.50. The van der Waals surface area contributed by atoms with Crippen molar-refractivity contribution in [3.63, 3.8) is 0 Å². The highest BCUT2D eigenvalue weighted by Gasteiger charge is 2.45. The SMILES string of the molecule is O=C(Nc1cc(Cl)cc(C(=O)NC[C@H]2CNC3(CC3)CO2)c1)OCc1ccccc1. The molecular formula is C22H24ClN3O4. The first-order chi connectivity index (χ1) is 14.5. The number of rotatable bonds is 6. The van der Waals surface area contributed by atoms with Gasteiger partial charge in [0.15, 0.2) is 0 Å². The number of nitrogens with one attached hydrogen (secondary N) is 3. The lowest BCUT2D eigenvalue weighted by molar-refractivity contribution is -0.00155. The maximum absolute atomic E-state index is 12.5. The highest BCUT2D eigenvalue weighted by atomic mass is 35.5. The van der Waals surface area contributed by atoms with Crippen LogP contribution in [-0.4, -0.2) is 43.3 Å². The highest BCUT2D eigenvalue weighted by molar-refractivity contribution is 6.31. The number of ether oxygens (including phenoxy) is 2. The second-order valence-electron chi connectivity index (χ2n) is 7.72. The topological polar surface area (TPSA) is 88.7 Å². The van der Waals surface area contributed by atoms with Gasteiger partial charge in [0.1, 0.15) is 6.61 Å². The van der Waals surface area contributed by atoms with Crippen LogP contribution in [-0.2, 0) is 16.1 Å². The van der Waals surface area contributed by atoms with Gasteiger partial charge in [-0.3, -0.25) is 10.1 Å². The summed E-state index contributed by atoms with van der Waals surface area (Å²) < 4.78 is 11.0. The normalized spacial score (nSPS) is 19.2. The van der Waals surface area contributed by atoms with E-state index in [1.165, 1.54) is 0 Å². The minimum Gasteiger partial charge on any atom is -0.444 e. The molecular weight excluding hydrogens is 406 g/mol. The summed E-state index contributed by atoms with van der Waals surface area (Å²) in [6.07, 6.45) is 1.61. The van der Waals surface area contributed by atoms with Gasteiger partial charge in [-0.2, -0.15) is 0 Å². The first-order valence-electron chi connectivity index (χ1n) is 9.94. The first-order valence-corrected chi connectivity index (χ1v) is 10.3. The van der Waals surface area contributed by atoms with Crippen molar-refractivity contribution in [1.82, 2.24) is 10.6 Å². The van der Waals surface area contributed by atoms with E-state index in [4.69, 9.17) is 21.1 Å². The van der Waals surface area contributed by atoms with Crippen molar-refractivity contribution in [2.45, 2.75) is 31.1 Å². The number of hydrogen-bond donors (Lipinski definition) is 3. The van der Waals surface area contributed by atoms with Crippen molar-refractivity contribution in [3.8, 4) is 0 Å². The summed E-state index contributed by atoms with van der Waals surface area (Å²) in [6, 6.07) is 14.0. The molecule has 2 aromatic rings. The minimum absolute atomic E-state index is 0.0649. The van der Waals surface area contributed by atoms with Crippen molar-refractivity contribution >= 4 is 29.3 Å². The van der Waals surface area contributed by atoms with Gasteiger partial charge in [-0.1, -0.05) is 41.9 Å². The van der Waals surface area contributed by atoms with Gasteiger partial charge < -0.3 is 20.1 Å². The molecule has 2 aromatic carbocycles. The minimum atomic E-state index is -0.622. The number of halogens is 1. The van der Waals surface area contributed by atoms with Crippen LogP contribution in [0.2, 0.25) is 5.02 Å². The Kier molecular flexibility index (Phi) is 6.22. The average Bonchev–Trinajstić information content (AvgIpc) is 3.51. The van der Waals surface area contributed by atoms with Gasteiger partial charge in [0, 0.05) is 34.9 Å². The van der Waals surface area contributed by atoms with Crippen LogP contribution in [0, 0.1) is 0 Å². The Balaban J connectivity index is 1.28. The van der Waals surface area contributed by atoms with Crippen molar-refractivity contribution in [2.75, 3.05) is 25.0 Å². The van der Waals surface area contributed by atoms with Crippen LogP contribution in [0.3, 0.4) is 0 Å². The lowest BCUT2D eigenvalue weighted by Gasteiger charge is -2.30. The van der Waals surface area contributed by atoms with Crippen molar-refractivity contribution in [3.05, 3.63) is 64.7 Å². The second-order valence-corrected chi connectivity index (χ2v) is 8.16. The summed E-state index contributed by atoms with van der Waals surface area (Å²) in [7, 11) is 0. The molecule has 2 aliphatic rings. The van der Waals surface area contributed by atoms with E-state index in [1.807, 2.05) is 30.3 Å². The summed E-state index contributed by atoms with van der Waals surface area (Å²) in [5, 5.41) is 9.30. The molecule has 0 unspecified atom stereocenters. The van der Waals surface area contributed by atoms with E-state index in [9.17, 15) is 9.59 Å². The number of anilines is 1. The molecule has 7 nitrogen and oxygen atoms in total. The molecule has 30 heavy (non-hydrogen) atoms. The zero-order valence-corrected chi connectivity index (χ0v) is 17.2. The molecule has 1 saturated carbocycles. The fourth-order valence-electron chi connectivity index (χ4n) is 3.30. The second kappa shape index (κ2) is 9.04. The first kappa shape index (κ1) is 20.7. The number of hydrogen-bond acceptors (Lipinski definition) is 5. The summed E-state index contributed by atoms with van der Waals surface area (Å²) in [5.74, 6) is -0.284. The van der Waals surface area contributed by atoms with Crippen molar-refractivity contribution < 1.29 is 19.1 Å². The van der Waals surface area contributed by atoms with Crippen LogP contribution >= 0.6 is 11.6 Å². The molecule has 1 atom stereocenters. The molecule has 1 aliphatic heterocycles. The van der Waals surface area contributed by atoms with Gasteiger partial charge in [0.25, 0.3) is 5.91 Å². The molecule has 0 bridgehead atoms. The Morgan fingerprint density at radius 1 is 1.20 bits per heavy atom. The molecule has 4 rings (SSSR count). The maximum Gasteiger partial charge on any atom is 0.411 e. The summed E-state index contributed by atoms with van der Waals surface area (Å²) in [6.45, 7) is 1.95.